The van der Waals surface area contributed by atoms with Crippen LogP contribution < -0.4 is 10.2 Å². The van der Waals surface area contributed by atoms with Gasteiger partial charge in [-0.25, -0.2) is 9.78 Å². The zero-order valence-corrected chi connectivity index (χ0v) is 18.7. The van der Waals surface area contributed by atoms with Crippen molar-refractivity contribution in [1.82, 2.24) is 15.2 Å². The molecule has 1 N–H and O–H groups in total. The lowest BCUT2D eigenvalue weighted by Crippen LogP contribution is -2.51. The molecular weight excluding hydrogens is 404 g/mol. The number of nitrogens with one attached hydrogen (secondary N) is 1. The molecule has 5 rings (SSSR count). The van der Waals surface area contributed by atoms with Crippen LogP contribution in [-0.4, -0.2) is 42.1 Å². The number of hydrogen-bond donors (Lipinski definition) is 1. The van der Waals surface area contributed by atoms with E-state index in [1.165, 1.54) is 26.6 Å². The molecule has 1 saturated heterocycles. The zero-order valence-electron chi connectivity index (χ0n) is 17.9. The van der Waals surface area contributed by atoms with Gasteiger partial charge in [0.1, 0.15) is 0 Å². The highest BCUT2D eigenvalue weighted by atomic mass is 32.1. The number of carbonyl (C=O) groups excluding carboxylic acids is 1. The number of piperazine rings is 1. The Hall–Kier alpha value is -3.12. The van der Waals surface area contributed by atoms with Gasteiger partial charge in [-0.1, -0.05) is 59.9 Å². The topological polar surface area (TPSA) is 48.5 Å². The average Bonchev–Trinajstić information content (AvgIpc) is 3.22. The molecule has 0 bridgehead atoms. The van der Waals surface area contributed by atoms with Gasteiger partial charge in [0.2, 0.25) is 0 Å². The van der Waals surface area contributed by atoms with Crippen molar-refractivity contribution in [2.24, 2.45) is 0 Å². The highest BCUT2D eigenvalue weighted by Gasteiger charge is 2.23. The molecule has 158 valence electrons. The summed E-state index contributed by atoms with van der Waals surface area (Å²) < 4.78 is 1.24. The fourth-order valence-electron chi connectivity index (χ4n) is 4.32. The highest BCUT2D eigenvalue weighted by Crippen LogP contribution is 2.32. The van der Waals surface area contributed by atoms with E-state index < -0.39 is 0 Å². The first-order chi connectivity index (χ1) is 15.1. The largest absolute Gasteiger partial charge is 0.345 e. The summed E-state index contributed by atoms with van der Waals surface area (Å²) in [7, 11) is 0. The lowest BCUT2D eigenvalue weighted by atomic mass is 10.0. The molecule has 0 saturated carbocycles. The van der Waals surface area contributed by atoms with E-state index in [9.17, 15) is 4.79 Å². The van der Waals surface area contributed by atoms with E-state index in [0.717, 1.165) is 29.3 Å². The smallest absolute Gasteiger partial charge is 0.317 e. The van der Waals surface area contributed by atoms with Crippen LogP contribution in [0.3, 0.4) is 0 Å². The molecule has 5 nitrogen and oxygen atoms in total. The van der Waals surface area contributed by atoms with Crippen molar-refractivity contribution in [2.45, 2.75) is 20.4 Å². The lowest BCUT2D eigenvalue weighted by molar-refractivity contribution is 0.194. The average molecular weight is 431 g/mol. The molecule has 1 aliphatic rings. The SMILES string of the molecule is Cc1cc(C)c2nc(N3CCN(C(=O)NCc4cccc5ccccc45)CC3)sc2c1. The van der Waals surface area contributed by atoms with Crippen molar-refractivity contribution in [3.8, 4) is 0 Å². The maximum atomic E-state index is 12.8. The Kier molecular flexibility index (Phi) is 5.24. The van der Waals surface area contributed by atoms with Gasteiger partial charge in [-0.05, 0) is 47.4 Å². The van der Waals surface area contributed by atoms with Gasteiger partial charge in [0, 0.05) is 32.7 Å². The van der Waals surface area contributed by atoms with Gasteiger partial charge in [-0.2, -0.15) is 0 Å². The van der Waals surface area contributed by atoms with Crippen LogP contribution in [0.5, 0.6) is 0 Å². The maximum absolute atomic E-state index is 12.8. The van der Waals surface area contributed by atoms with Gasteiger partial charge in [-0.15, -0.1) is 0 Å². The second kappa shape index (κ2) is 8.19. The number of hydrogen-bond acceptors (Lipinski definition) is 4. The number of benzene rings is 3. The van der Waals surface area contributed by atoms with Gasteiger partial charge in [0.15, 0.2) is 5.13 Å². The Morgan fingerprint density at radius 3 is 2.65 bits per heavy atom. The minimum atomic E-state index is 0.00310. The fraction of sp³-hybridized carbons (Fsp3) is 0.280. The van der Waals surface area contributed by atoms with E-state index in [1.54, 1.807) is 11.3 Å². The summed E-state index contributed by atoms with van der Waals surface area (Å²) in [4.78, 5) is 21.8. The van der Waals surface area contributed by atoms with E-state index in [-0.39, 0.29) is 6.03 Å². The number of anilines is 1. The highest BCUT2D eigenvalue weighted by molar-refractivity contribution is 7.22. The Morgan fingerprint density at radius 2 is 1.81 bits per heavy atom. The summed E-state index contributed by atoms with van der Waals surface area (Å²) >= 11 is 1.75. The normalized spacial score (nSPS) is 14.4. The first-order valence-electron chi connectivity index (χ1n) is 10.7. The van der Waals surface area contributed by atoms with E-state index >= 15 is 0 Å². The Labute approximate surface area is 186 Å². The number of fused-ring (bicyclic) bond motifs is 2. The third kappa shape index (κ3) is 3.95. The molecule has 2 heterocycles. The van der Waals surface area contributed by atoms with Gasteiger partial charge < -0.3 is 15.1 Å². The molecule has 1 aliphatic heterocycles. The molecule has 4 aromatic rings. The van der Waals surface area contributed by atoms with Crippen molar-refractivity contribution in [1.29, 1.82) is 0 Å². The van der Waals surface area contributed by atoms with Crippen molar-refractivity contribution >= 4 is 43.5 Å². The summed E-state index contributed by atoms with van der Waals surface area (Å²) in [6.07, 6.45) is 0. The van der Waals surface area contributed by atoms with Crippen LogP contribution in [-0.2, 0) is 6.54 Å². The monoisotopic (exact) mass is 430 g/mol. The van der Waals surface area contributed by atoms with Gasteiger partial charge >= 0.3 is 6.03 Å². The summed E-state index contributed by atoms with van der Waals surface area (Å²) in [5.41, 5.74) is 4.74. The molecule has 1 fully saturated rings. The second-order valence-electron chi connectivity index (χ2n) is 8.20. The number of nitrogens with zero attached hydrogens (tertiary/aromatic N) is 3. The van der Waals surface area contributed by atoms with Gasteiger partial charge in [0.25, 0.3) is 0 Å². The molecule has 3 aromatic carbocycles. The molecular formula is C25H26N4OS. The van der Waals surface area contributed by atoms with E-state index in [4.69, 9.17) is 4.98 Å². The standard InChI is InChI=1S/C25H26N4OS/c1-17-14-18(2)23-22(15-17)31-25(27-23)29-12-10-28(11-13-29)24(30)26-16-20-8-5-7-19-6-3-4-9-21(19)20/h3-9,14-15H,10-13,16H2,1-2H3,(H,26,30). The van der Waals surface area contributed by atoms with Crippen molar-refractivity contribution in [3.05, 3.63) is 71.3 Å². The Bertz CT molecular complexity index is 1250. The number of rotatable bonds is 3. The molecule has 31 heavy (non-hydrogen) atoms. The predicted octanol–water partition coefficient (Wildman–Crippen LogP) is 5.10. The number of aromatic nitrogens is 1. The summed E-state index contributed by atoms with van der Waals surface area (Å²) in [6, 6.07) is 18.9. The van der Waals surface area contributed by atoms with Crippen LogP contribution in [0.1, 0.15) is 16.7 Å². The molecule has 0 unspecified atom stereocenters. The summed E-state index contributed by atoms with van der Waals surface area (Å²) in [5.74, 6) is 0. The van der Waals surface area contributed by atoms with E-state index in [1.807, 2.05) is 23.1 Å². The zero-order chi connectivity index (χ0) is 21.4. The van der Waals surface area contributed by atoms with Crippen LogP contribution >= 0.6 is 11.3 Å². The number of urea groups is 1. The van der Waals surface area contributed by atoms with E-state index in [0.29, 0.717) is 19.6 Å². The number of amides is 2. The van der Waals surface area contributed by atoms with Crippen LogP contribution in [0.25, 0.3) is 21.0 Å². The van der Waals surface area contributed by atoms with Crippen molar-refractivity contribution in [3.63, 3.8) is 0 Å². The minimum Gasteiger partial charge on any atom is -0.345 e. The lowest BCUT2D eigenvalue weighted by Gasteiger charge is -2.34. The van der Waals surface area contributed by atoms with Crippen LogP contribution in [0.4, 0.5) is 9.93 Å². The third-order valence-corrected chi connectivity index (χ3v) is 7.03. The van der Waals surface area contributed by atoms with Crippen LogP contribution in [0, 0.1) is 13.8 Å². The summed E-state index contributed by atoms with van der Waals surface area (Å²) in [5, 5.41) is 6.55. The first kappa shape index (κ1) is 19.8. The predicted molar refractivity (Wildman–Crippen MR) is 129 cm³/mol. The molecule has 1 aromatic heterocycles. The number of aryl methyl sites for hydroxylation is 2. The second-order valence-corrected chi connectivity index (χ2v) is 9.21. The van der Waals surface area contributed by atoms with Gasteiger partial charge in [-0.3, -0.25) is 0 Å². The molecule has 0 aliphatic carbocycles. The van der Waals surface area contributed by atoms with Crippen molar-refractivity contribution in [2.75, 3.05) is 31.1 Å². The maximum Gasteiger partial charge on any atom is 0.317 e. The molecule has 0 atom stereocenters. The van der Waals surface area contributed by atoms with E-state index in [2.05, 4.69) is 60.5 Å². The minimum absolute atomic E-state index is 0.00310. The number of thiazole rings is 1. The van der Waals surface area contributed by atoms with Crippen LogP contribution in [0.2, 0.25) is 0 Å². The van der Waals surface area contributed by atoms with Gasteiger partial charge in [0.05, 0.1) is 10.2 Å². The molecule has 2 amide bonds. The van der Waals surface area contributed by atoms with Crippen LogP contribution in [0.15, 0.2) is 54.6 Å². The van der Waals surface area contributed by atoms with Crippen molar-refractivity contribution < 1.29 is 4.79 Å². The fourth-order valence-corrected chi connectivity index (χ4v) is 5.52. The first-order valence-corrected chi connectivity index (χ1v) is 11.5. The number of carbonyl (C=O) groups is 1. The third-order valence-electron chi connectivity index (χ3n) is 5.97. The molecule has 0 spiro atoms. The Morgan fingerprint density at radius 1 is 1.03 bits per heavy atom. The molecule has 0 radical (unpaired) electrons. The summed E-state index contributed by atoms with van der Waals surface area (Å²) in [6.45, 7) is 7.80. The Balaban J connectivity index is 1.21. The molecule has 6 heteroatoms. The quantitative estimate of drug-likeness (QED) is 0.492.